The molecule has 1 aliphatic rings. The molecule has 0 amide bonds. The van der Waals surface area contributed by atoms with Crippen molar-refractivity contribution < 1.29 is 12.8 Å². The van der Waals surface area contributed by atoms with Crippen LogP contribution in [-0.2, 0) is 16.6 Å². The molecule has 2 rings (SSSR count). The summed E-state index contributed by atoms with van der Waals surface area (Å²) in [6.45, 7) is 5.50. The Kier molecular flexibility index (Phi) is 4.78. The Labute approximate surface area is 120 Å². The first kappa shape index (κ1) is 15.4. The van der Waals surface area contributed by atoms with Crippen LogP contribution in [0.4, 0.5) is 4.39 Å². The minimum atomic E-state index is -3.70. The third-order valence-electron chi connectivity index (χ3n) is 3.39. The standard InChI is InChI=1S/C14H21FN2O2S/c1-11(2)16-10-12-5-6-13(15)14(9-12)20(18,19)17-7-3-4-8-17/h5-6,9,11,16H,3-4,7-8,10H2,1-2H3. The number of rotatable bonds is 5. The Morgan fingerprint density at radius 2 is 1.95 bits per heavy atom. The third-order valence-corrected chi connectivity index (χ3v) is 5.31. The topological polar surface area (TPSA) is 49.4 Å². The van der Waals surface area contributed by atoms with E-state index in [1.807, 2.05) is 13.8 Å². The molecule has 0 aromatic heterocycles. The van der Waals surface area contributed by atoms with Crippen LogP contribution in [0.1, 0.15) is 32.3 Å². The van der Waals surface area contributed by atoms with Crippen LogP contribution < -0.4 is 5.32 Å². The van der Waals surface area contributed by atoms with Crippen molar-refractivity contribution in [3.63, 3.8) is 0 Å². The number of hydrogen-bond acceptors (Lipinski definition) is 3. The van der Waals surface area contributed by atoms with Crippen molar-refractivity contribution in [2.24, 2.45) is 0 Å². The summed E-state index contributed by atoms with van der Waals surface area (Å²) in [4.78, 5) is -0.206. The van der Waals surface area contributed by atoms with Gasteiger partial charge in [-0.05, 0) is 30.5 Å². The molecule has 1 N–H and O–H groups in total. The van der Waals surface area contributed by atoms with Gasteiger partial charge in [-0.2, -0.15) is 4.31 Å². The molecule has 1 heterocycles. The van der Waals surface area contributed by atoms with E-state index in [1.165, 1.54) is 16.4 Å². The van der Waals surface area contributed by atoms with Gasteiger partial charge in [0.2, 0.25) is 10.0 Å². The number of sulfonamides is 1. The van der Waals surface area contributed by atoms with Gasteiger partial charge in [0.1, 0.15) is 10.7 Å². The lowest BCUT2D eigenvalue weighted by Gasteiger charge is -2.17. The second kappa shape index (κ2) is 6.20. The summed E-state index contributed by atoms with van der Waals surface area (Å²) in [7, 11) is -3.70. The monoisotopic (exact) mass is 300 g/mol. The summed E-state index contributed by atoms with van der Waals surface area (Å²) in [5.74, 6) is -0.676. The smallest absolute Gasteiger partial charge is 0.245 e. The van der Waals surface area contributed by atoms with Crippen LogP contribution in [0.15, 0.2) is 23.1 Å². The molecule has 1 aromatic rings. The summed E-state index contributed by atoms with van der Waals surface area (Å²) in [5.41, 5.74) is 0.776. The Morgan fingerprint density at radius 3 is 2.55 bits per heavy atom. The van der Waals surface area contributed by atoms with Crippen LogP contribution in [0.3, 0.4) is 0 Å². The van der Waals surface area contributed by atoms with Crippen LogP contribution >= 0.6 is 0 Å². The van der Waals surface area contributed by atoms with Gasteiger partial charge in [0, 0.05) is 25.7 Å². The van der Waals surface area contributed by atoms with Gasteiger partial charge in [-0.15, -0.1) is 0 Å². The maximum atomic E-state index is 13.9. The quantitative estimate of drug-likeness (QED) is 0.906. The fourth-order valence-corrected chi connectivity index (χ4v) is 3.88. The molecule has 4 nitrogen and oxygen atoms in total. The first-order valence-electron chi connectivity index (χ1n) is 6.93. The van der Waals surface area contributed by atoms with Crippen molar-refractivity contribution in [2.45, 2.75) is 44.2 Å². The van der Waals surface area contributed by atoms with Gasteiger partial charge in [-0.3, -0.25) is 0 Å². The van der Waals surface area contributed by atoms with E-state index in [1.54, 1.807) is 6.07 Å². The van der Waals surface area contributed by atoms with Gasteiger partial charge in [0.25, 0.3) is 0 Å². The highest BCUT2D eigenvalue weighted by Gasteiger charge is 2.29. The fraction of sp³-hybridized carbons (Fsp3) is 0.571. The van der Waals surface area contributed by atoms with E-state index >= 15 is 0 Å². The highest BCUT2D eigenvalue weighted by Crippen LogP contribution is 2.24. The summed E-state index contributed by atoms with van der Waals surface area (Å²) in [6.07, 6.45) is 1.69. The highest BCUT2D eigenvalue weighted by molar-refractivity contribution is 7.89. The number of nitrogens with one attached hydrogen (secondary N) is 1. The molecule has 0 atom stereocenters. The maximum Gasteiger partial charge on any atom is 0.245 e. The van der Waals surface area contributed by atoms with E-state index in [2.05, 4.69) is 5.32 Å². The lowest BCUT2D eigenvalue weighted by atomic mass is 10.2. The minimum Gasteiger partial charge on any atom is -0.310 e. The fourth-order valence-electron chi connectivity index (χ4n) is 2.24. The average Bonchev–Trinajstić information content (AvgIpc) is 2.92. The first-order chi connectivity index (χ1) is 9.41. The van der Waals surface area contributed by atoms with E-state index in [0.717, 1.165) is 18.4 Å². The van der Waals surface area contributed by atoms with Gasteiger partial charge in [-0.25, -0.2) is 12.8 Å². The Balaban J connectivity index is 2.28. The molecule has 112 valence electrons. The molecule has 0 radical (unpaired) electrons. The number of hydrogen-bond donors (Lipinski definition) is 1. The van der Waals surface area contributed by atoms with Crippen molar-refractivity contribution in [1.82, 2.24) is 9.62 Å². The summed E-state index contributed by atoms with van der Waals surface area (Å²) in [5, 5.41) is 3.20. The first-order valence-corrected chi connectivity index (χ1v) is 8.37. The molecule has 1 aliphatic heterocycles. The molecule has 1 saturated heterocycles. The normalized spacial score (nSPS) is 17.0. The lowest BCUT2D eigenvalue weighted by Crippen LogP contribution is -2.29. The predicted molar refractivity (Wildman–Crippen MR) is 76.4 cm³/mol. The molecular weight excluding hydrogens is 279 g/mol. The molecule has 0 unspecified atom stereocenters. The number of nitrogens with zero attached hydrogens (tertiary/aromatic N) is 1. The summed E-state index contributed by atoms with van der Waals surface area (Å²) in [6, 6.07) is 4.59. The van der Waals surface area contributed by atoms with Crippen molar-refractivity contribution in [1.29, 1.82) is 0 Å². The Morgan fingerprint density at radius 1 is 1.30 bits per heavy atom. The van der Waals surface area contributed by atoms with Gasteiger partial charge < -0.3 is 5.32 Å². The molecule has 0 bridgehead atoms. The zero-order valence-corrected chi connectivity index (χ0v) is 12.7. The van der Waals surface area contributed by atoms with Gasteiger partial charge >= 0.3 is 0 Å². The molecule has 1 fully saturated rings. The summed E-state index contributed by atoms with van der Waals surface area (Å²) >= 11 is 0. The highest BCUT2D eigenvalue weighted by atomic mass is 32.2. The predicted octanol–water partition coefficient (Wildman–Crippen LogP) is 2.11. The van der Waals surface area contributed by atoms with E-state index in [9.17, 15) is 12.8 Å². The zero-order chi connectivity index (χ0) is 14.8. The third kappa shape index (κ3) is 3.37. The molecular formula is C14H21FN2O2S. The van der Waals surface area contributed by atoms with Crippen LogP contribution in [0, 0.1) is 5.82 Å². The molecule has 6 heteroatoms. The van der Waals surface area contributed by atoms with Crippen molar-refractivity contribution in [2.75, 3.05) is 13.1 Å². The SMILES string of the molecule is CC(C)NCc1ccc(F)c(S(=O)(=O)N2CCCC2)c1. The lowest BCUT2D eigenvalue weighted by molar-refractivity contribution is 0.469. The average molecular weight is 300 g/mol. The van der Waals surface area contributed by atoms with E-state index < -0.39 is 15.8 Å². The van der Waals surface area contributed by atoms with Crippen LogP contribution in [0.25, 0.3) is 0 Å². The van der Waals surface area contributed by atoms with Crippen LogP contribution in [0.5, 0.6) is 0 Å². The van der Waals surface area contributed by atoms with E-state index in [0.29, 0.717) is 25.7 Å². The Hall–Kier alpha value is -0.980. The van der Waals surface area contributed by atoms with Gasteiger partial charge in [-0.1, -0.05) is 19.9 Å². The largest absolute Gasteiger partial charge is 0.310 e. The maximum absolute atomic E-state index is 13.9. The second-order valence-electron chi connectivity index (χ2n) is 5.41. The molecule has 1 aromatic carbocycles. The van der Waals surface area contributed by atoms with Gasteiger partial charge in [0.05, 0.1) is 0 Å². The molecule has 0 aliphatic carbocycles. The minimum absolute atomic E-state index is 0.206. The van der Waals surface area contributed by atoms with Crippen molar-refractivity contribution in [3.05, 3.63) is 29.6 Å². The van der Waals surface area contributed by atoms with E-state index in [-0.39, 0.29) is 4.90 Å². The number of halogens is 1. The van der Waals surface area contributed by atoms with Crippen LogP contribution in [-0.4, -0.2) is 31.9 Å². The van der Waals surface area contributed by atoms with Crippen LogP contribution in [0.2, 0.25) is 0 Å². The van der Waals surface area contributed by atoms with Gasteiger partial charge in [0.15, 0.2) is 0 Å². The molecule has 0 spiro atoms. The molecule has 20 heavy (non-hydrogen) atoms. The second-order valence-corrected chi connectivity index (χ2v) is 7.32. The molecule has 0 saturated carbocycles. The number of benzene rings is 1. The van der Waals surface area contributed by atoms with E-state index in [4.69, 9.17) is 0 Å². The van der Waals surface area contributed by atoms with Crippen molar-refractivity contribution >= 4 is 10.0 Å². The zero-order valence-electron chi connectivity index (χ0n) is 11.9. The summed E-state index contributed by atoms with van der Waals surface area (Å²) < 4.78 is 40.1. The van der Waals surface area contributed by atoms with Crippen molar-refractivity contribution in [3.8, 4) is 0 Å². The Bertz CT molecular complexity index is 567.